The van der Waals surface area contributed by atoms with Crippen LogP contribution >= 0.6 is 0 Å². The van der Waals surface area contributed by atoms with Crippen LogP contribution in [0.2, 0.25) is 0 Å². The number of unbranched alkanes of at least 4 members (excludes halogenated alkanes) is 3. The third kappa shape index (κ3) is 21.1. The Hall–Kier alpha value is -14.1. The number of nitrogens with two attached hydrogens (primary N) is 6. The number of hydrogen-bond acceptors (Lipinski definition) is 44. The Labute approximate surface area is 694 Å². The van der Waals surface area contributed by atoms with Crippen LogP contribution in [-0.2, 0) is 124 Å². The molecule has 0 amide bonds. The summed E-state index contributed by atoms with van der Waals surface area (Å²) in [5.41, 5.74) is 32.8. The molecule has 0 radical (unpaired) electrons. The molecule has 3 aliphatic carbocycles. The molecule has 4 aromatic carbocycles. The molecular formula is C80H76N8O36. The number of morpholine rings is 2. The fourth-order valence-corrected chi connectivity index (χ4v) is 15.0. The van der Waals surface area contributed by atoms with Crippen molar-refractivity contribution in [1.82, 2.24) is 9.80 Å². The highest BCUT2D eigenvalue weighted by molar-refractivity contribution is 6.17. The van der Waals surface area contributed by atoms with Gasteiger partial charge in [-0.1, -0.05) is 25.0 Å². The van der Waals surface area contributed by atoms with Gasteiger partial charge in [-0.05, 0) is 136 Å². The molecule has 44 heteroatoms. The van der Waals surface area contributed by atoms with Gasteiger partial charge in [0.2, 0.25) is 0 Å². The van der Waals surface area contributed by atoms with Crippen molar-refractivity contribution in [3.05, 3.63) is 137 Å². The van der Waals surface area contributed by atoms with E-state index in [1.807, 2.05) is 0 Å². The molecule has 44 nitrogen and oxygen atoms in total. The second-order valence-electron chi connectivity index (χ2n) is 29.8. The first-order chi connectivity index (χ1) is 58.9. The van der Waals surface area contributed by atoms with Gasteiger partial charge in [0.25, 0.3) is 0 Å². The first kappa shape index (κ1) is 90.7. The van der Waals surface area contributed by atoms with Crippen molar-refractivity contribution < 1.29 is 152 Å². The van der Waals surface area contributed by atoms with E-state index in [9.17, 15) is 115 Å². The van der Waals surface area contributed by atoms with Gasteiger partial charge in [-0.15, -0.1) is 0 Å². The first-order valence-corrected chi connectivity index (χ1v) is 38.4. The van der Waals surface area contributed by atoms with Crippen LogP contribution in [-0.4, -0.2) is 194 Å². The molecule has 12 N–H and O–H groups in total. The molecule has 124 heavy (non-hydrogen) atoms. The number of esters is 20. The van der Waals surface area contributed by atoms with Gasteiger partial charge in [0.1, 0.15) is 0 Å². The molecular weight excluding hydrogens is 1650 g/mol. The van der Waals surface area contributed by atoms with E-state index in [2.05, 4.69) is 56.2 Å². The number of hydrogen-bond donors (Lipinski definition) is 6. The highest BCUT2D eigenvalue weighted by Crippen LogP contribution is 2.55. The summed E-state index contributed by atoms with van der Waals surface area (Å²) in [6.07, 6.45) is 9.37. The van der Waals surface area contributed by atoms with Crippen LogP contribution in [0, 0.1) is 59.2 Å². The lowest BCUT2D eigenvalue weighted by Crippen LogP contribution is -2.50. The number of rotatable bonds is 10. The van der Waals surface area contributed by atoms with Crippen molar-refractivity contribution in [3.8, 4) is 11.1 Å². The Morgan fingerprint density at radius 1 is 0.290 bits per heavy atom. The monoisotopic (exact) mass is 1720 g/mol. The summed E-state index contributed by atoms with van der Waals surface area (Å²) in [4.78, 5) is 271. The summed E-state index contributed by atoms with van der Waals surface area (Å²) in [6.45, 7) is 2.61. The van der Waals surface area contributed by atoms with Crippen molar-refractivity contribution in [2.45, 2.75) is 89.1 Å². The average Bonchev–Trinajstić information content (AvgIpc) is 1.54. The average molecular weight is 1730 g/mol. The van der Waals surface area contributed by atoms with Crippen molar-refractivity contribution in [3.63, 3.8) is 0 Å². The Kier molecular flexibility index (Phi) is 28.7. The van der Waals surface area contributed by atoms with E-state index in [-0.39, 0.29) is 95.7 Å². The standard InChI is InChI=1S/C16H6O6.C10H12N2O6.C10H8O6.C10H2O6.C8H4O6.C8H6O6.C6H14N2.C6H8N2.C6H16N2/c17-13-9-3-1-7(5-11(9)15(19)21-13)8-2-4-10-12(6-8)16(20)22-14(10)18;13-7-3-11(4-8(14)17-7)1-2-12-5-9(15)18-10(16)6-12;2*11-7-3-1-4-6(10(14)16-8(4)12)2-5(3)9(13)15-7;9-5-1-2(6(10)13-5)4-3(1)7(11)14-8(4)12;9-5-1-3(7(11)13-5)4-2-6(10)14-8(4)12;2*7-5-1-2-6(8)4-3-5;7-5-3-1-2-4-6-8/h1-6H;1-6H2;3-6H,1-2H2;1-2H;1-4H;3-4H,1-2H2;5-6H,1-4,7-8H2;1-4H,7-8H2;1-8H2. The molecule has 0 spiro atoms. The lowest BCUT2D eigenvalue weighted by atomic mass is 9.59. The molecule has 8 saturated heterocycles. The molecule has 10 aliphatic heterocycles. The fourth-order valence-electron chi connectivity index (χ4n) is 15.0. The zero-order valence-electron chi connectivity index (χ0n) is 65.1. The van der Waals surface area contributed by atoms with E-state index >= 15 is 0 Å². The van der Waals surface area contributed by atoms with Crippen LogP contribution in [0.15, 0.2) is 101 Å². The molecule has 652 valence electrons. The maximum Gasteiger partial charge on any atom is 0.346 e. The minimum Gasteiger partial charge on any atom is -0.399 e. The number of carbonyl (C=O) groups excluding carboxylic acids is 20. The van der Waals surface area contributed by atoms with Crippen molar-refractivity contribution in [2.24, 2.45) is 82.1 Å². The van der Waals surface area contributed by atoms with E-state index in [1.165, 1.54) is 37.1 Å². The molecule has 6 unspecified atom stereocenters. The summed E-state index contributed by atoms with van der Waals surface area (Å²) >= 11 is 0. The van der Waals surface area contributed by atoms with Gasteiger partial charge in [-0.25, -0.2) is 38.4 Å². The molecule has 2 aromatic heterocycles. The van der Waals surface area contributed by atoms with E-state index in [4.69, 9.17) is 34.4 Å². The maximum atomic E-state index is 11.6. The number of nitrogen functional groups attached to an aromatic ring is 2. The lowest BCUT2D eigenvalue weighted by Gasteiger charge is -2.33. The number of nitrogens with zero attached hydrogens (tertiary/aromatic N) is 2. The molecule has 6 aromatic rings. The summed E-state index contributed by atoms with van der Waals surface area (Å²) in [6, 6.07) is 19.6. The third-order valence-corrected chi connectivity index (χ3v) is 21.5. The van der Waals surface area contributed by atoms with Crippen LogP contribution < -0.4 is 56.9 Å². The predicted octanol–water partition coefficient (Wildman–Crippen LogP) is -2.03. The summed E-state index contributed by atoms with van der Waals surface area (Å²) in [5, 5.41) is -0.0726. The normalized spacial score (nSPS) is 25.3. The van der Waals surface area contributed by atoms with Crippen molar-refractivity contribution in [1.29, 1.82) is 0 Å². The number of furan rings is 2. The van der Waals surface area contributed by atoms with Crippen LogP contribution in [0.25, 0.3) is 32.7 Å². The summed E-state index contributed by atoms with van der Waals surface area (Å²) in [5.74, 6) is -20.2. The second-order valence-corrected chi connectivity index (χ2v) is 29.8. The van der Waals surface area contributed by atoms with Gasteiger partial charge in [0.05, 0.1) is 142 Å². The summed E-state index contributed by atoms with van der Waals surface area (Å²) in [7, 11) is 0. The van der Waals surface area contributed by atoms with Gasteiger partial charge in [-0.3, -0.25) is 86.5 Å². The minimum absolute atomic E-state index is 0.0181. The quantitative estimate of drug-likeness (QED) is 0.0283. The number of benzene rings is 4. The molecule has 3 saturated carbocycles. The van der Waals surface area contributed by atoms with Crippen LogP contribution in [0.1, 0.15) is 118 Å². The van der Waals surface area contributed by atoms with Gasteiger partial charge in [-0.2, -0.15) is 0 Å². The predicted molar refractivity (Wildman–Crippen MR) is 406 cm³/mol. The van der Waals surface area contributed by atoms with Crippen molar-refractivity contribution in [2.75, 3.05) is 63.8 Å². The van der Waals surface area contributed by atoms with E-state index in [0.29, 0.717) is 36.3 Å². The first-order valence-electron chi connectivity index (χ1n) is 38.4. The Morgan fingerprint density at radius 3 is 0.839 bits per heavy atom. The maximum absolute atomic E-state index is 11.6. The molecule has 6 atom stereocenters. The van der Waals surface area contributed by atoms with Crippen LogP contribution in [0.4, 0.5) is 11.4 Å². The lowest BCUT2D eigenvalue weighted by molar-refractivity contribution is -0.170. The number of anilines is 2. The van der Waals surface area contributed by atoms with E-state index in [1.54, 1.807) is 46.2 Å². The minimum atomic E-state index is -0.846. The van der Waals surface area contributed by atoms with Crippen molar-refractivity contribution >= 4 is 152 Å². The Morgan fingerprint density at radius 2 is 0.565 bits per heavy atom. The van der Waals surface area contributed by atoms with Crippen LogP contribution in [0.3, 0.4) is 0 Å². The van der Waals surface area contributed by atoms with Gasteiger partial charge in [0.15, 0.2) is 0 Å². The fraction of sp³-hybridized carbons (Fsp3) is 0.400. The van der Waals surface area contributed by atoms with E-state index in [0.717, 1.165) is 75.1 Å². The zero-order valence-corrected chi connectivity index (χ0v) is 65.1. The summed E-state index contributed by atoms with van der Waals surface area (Å²) < 4.78 is 52.7. The SMILES string of the molecule is NC1CCC(N)CC1.NCCCCCCN.Nc1ccc(N)cc1.O=C1CC(C2CC(=O)OC2=O)C(=O)O1.O=C1CN(CCN2CC(=O)OC(=O)C2)CC(=O)O1.O=C1OC(=O)C2C1C1C(=O)OC(=O)C21.O=C1OC(=O)C2CC3C(=O)OC(=O)C3CC12.O=C1OC(=O)c2cc(-c3ccc4c(c3)C(=O)OC4=O)ccc21.O=c1oc(=O)c2cc3c(=O)oc(=O)c3cc12. The van der Waals surface area contributed by atoms with Gasteiger partial charge in [0, 0.05) is 36.5 Å². The van der Waals surface area contributed by atoms with Crippen LogP contribution in [0.5, 0.6) is 0 Å². The Balaban J connectivity index is 0.000000138. The highest BCUT2D eigenvalue weighted by Gasteiger charge is 2.73. The number of ether oxygens (including phenoxy) is 10. The number of carbonyl (C=O) groups is 20. The topological polar surface area (TPSA) is 691 Å². The third-order valence-electron chi connectivity index (χ3n) is 21.5. The molecule has 11 fully saturated rings. The van der Waals surface area contributed by atoms with Gasteiger partial charge >= 0.3 is 142 Å². The van der Waals surface area contributed by atoms with Gasteiger partial charge < -0.3 is 90.6 Å². The largest absolute Gasteiger partial charge is 0.399 e. The molecule has 19 rings (SSSR count). The number of fused-ring (bicyclic) bond motifs is 10. The molecule has 13 aliphatic rings. The Bertz CT molecular complexity index is 5110. The number of cyclic esters (lactones) is 20. The second kappa shape index (κ2) is 39.2. The molecule has 0 bridgehead atoms. The molecule has 12 heterocycles. The highest BCUT2D eigenvalue weighted by atomic mass is 16.6. The zero-order chi connectivity index (χ0) is 90.0. The smallest absolute Gasteiger partial charge is 0.346 e. The van der Waals surface area contributed by atoms with E-state index < -0.39 is 201 Å².